The highest BCUT2D eigenvalue weighted by Gasteiger charge is 2.40. The first-order valence-electron chi connectivity index (χ1n) is 9.88. The molecule has 0 N–H and O–H groups in total. The van der Waals surface area contributed by atoms with Crippen LogP contribution in [0.4, 0.5) is 5.69 Å². The average Bonchev–Trinajstić information content (AvgIpc) is 2.96. The lowest BCUT2D eigenvalue weighted by Gasteiger charge is -2.48. The maximum atomic E-state index is 12.6. The van der Waals surface area contributed by atoms with Gasteiger partial charge in [0.2, 0.25) is 0 Å². The number of rotatable bonds is 3. The predicted octanol–water partition coefficient (Wildman–Crippen LogP) is 3.45. The van der Waals surface area contributed by atoms with Crippen molar-refractivity contribution in [2.45, 2.75) is 51.4 Å². The van der Waals surface area contributed by atoms with Crippen LogP contribution in [0.1, 0.15) is 57.2 Å². The van der Waals surface area contributed by atoms with Crippen molar-refractivity contribution in [1.82, 2.24) is 5.17 Å². The molecule has 3 aliphatic heterocycles. The summed E-state index contributed by atoms with van der Waals surface area (Å²) in [7, 11) is 1.28. The highest BCUT2D eigenvalue weighted by molar-refractivity contribution is 6.32. The molecule has 4 rings (SSSR count). The van der Waals surface area contributed by atoms with Gasteiger partial charge in [-0.1, -0.05) is 37.9 Å². The number of hydroxylamine groups is 1. The minimum atomic E-state index is -0.519. The van der Waals surface area contributed by atoms with Gasteiger partial charge >= 0.3 is 5.91 Å². The van der Waals surface area contributed by atoms with Gasteiger partial charge < -0.3 is 4.90 Å². The van der Waals surface area contributed by atoms with E-state index in [2.05, 4.69) is 54.7 Å². The molecule has 0 bridgehead atoms. The Balaban J connectivity index is 1.87. The van der Waals surface area contributed by atoms with Crippen LogP contribution in [-0.4, -0.2) is 37.0 Å². The van der Waals surface area contributed by atoms with Gasteiger partial charge in [-0.2, -0.15) is 5.26 Å². The summed E-state index contributed by atoms with van der Waals surface area (Å²) in [6, 6.07) is 6.28. The monoisotopic (exact) mass is 394 g/mol. The normalized spacial score (nSPS) is 23.1. The predicted molar refractivity (Wildman–Crippen MR) is 110 cm³/mol. The molecule has 0 fully saturated rings. The lowest BCUT2D eigenvalue weighted by Crippen LogP contribution is -2.44. The van der Waals surface area contributed by atoms with Gasteiger partial charge in [-0.15, -0.1) is 5.10 Å². The zero-order valence-electron chi connectivity index (χ0n) is 17.6. The lowest BCUT2D eigenvalue weighted by molar-refractivity contribution is -0.394. The van der Waals surface area contributed by atoms with Gasteiger partial charge in [0.1, 0.15) is 6.07 Å². The molecular weight excluding hydrogens is 368 g/mol. The van der Waals surface area contributed by atoms with Crippen LogP contribution in [0.5, 0.6) is 0 Å². The lowest BCUT2D eigenvalue weighted by atomic mass is 9.69. The van der Waals surface area contributed by atoms with Gasteiger partial charge in [0.05, 0.1) is 12.7 Å². The van der Waals surface area contributed by atoms with Crippen molar-refractivity contribution in [3.05, 3.63) is 34.4 Å². The Bertz CT molecular complexity index is 943. The molecule has 7 nitrogen and oxygen atoms in total. The molecule has 3 aliphatic rings. The van der Waals surface area contributed by atoms with Gasteiger partial charge in [0.15, 0.2) is 5.71 Å². The van der Waals surface area contributed by atoms with Crippen LogP contribution in [-0.2, 0) is 25.5 Å². The van der Waals surface area contributed by atoms with Gasteiger partial charge in [-0.05, 0) is 58.6 Å². The second-order valence-corrected chi connectivity index (χ2v) is 9.16. The highest BCUT2D eigenvalue weighted by Crippen LogP contribution is 2.49. The zero-order chi connectivity index (χ0) is 21.0. The van der Waals surface area contributed by atoms with E-state index in [4.69, 9.17) is 4.99 Å². The summed E-state index contributed by atoms with van der Waals surface area (Å²) < 4.78 is 0. The van der Waals surface area contributed by atoms with E-state index in [0.717, 1.165) is 31.5 Å². The van der Waals surface area contributed by atoms with Gasteiger partial charge in [-0.25, -0.2) is 4.89 Å². The molecule has 7 heteroatoms. The van der Waals surface area contributed by atoms with Crippen molar-refractivity contribution in [3.63, 3.8) is 0 Å². The zero-order valence-corrected chi connectivity index (χ0v) is 17.6. The number of nitrogens with zero attached hydrogens (tertiary/aromatic N) is 4. The summed E-state index contributed by atoms with van der Waals surface area (Å²) in [4.78, 5) is 24.4. The Labute approximate surface area is 171 Å². The van der Waals surface area contributed by atoms with Crippen LogP contribution in [0.25, 0.3) is 6.08 Å². The molecule has 29 heavy (non-hydrogen) atoms. The molecule has 0 aliphatic carbocycles. The van der Waals surface area contributed by atoms with E-state index in [1.165, 1.54) is 23.9 Å². The molecule has 152 valence electrons. The van der Waals surface area contributed by atoms with Crippen molar-refractivity contribution < 1.29 is 14.7 Å². The fourth-order valence-electron chi connectivity index (χ4n) is 4.44. The summed E-state index contributed by atoms with van der Waals surface area (Å²) >= 11 is 0. The Hall–Kier alpha value is -2.69. The summed E-state index contributed by atoms with van der Waals surface area (Å²) in [6.07, 6.45) is 3.90. The molecule has 0 atom stereocenters. The van der Waals surface area contributed by atoms with E-state index in [1.54, 1.807) is 6.08 Å². The third kappa shape index (κ3) is 3.13. The second-order valence-electron chi connectivity index (χ2n) is 9.16. The molecule has 0 spiro atoms. The number of nitriles is 1. The first kappa shape index (κ1) is 19.6. The van der Waals surface area contributed by atoms with E-state index in [0.29, 0.717) is 5.17 Å². The number of anilines is 1. The van der Waals surface area contributed by atoms with E-state index >= 15 is 0 Å². The van der Waals surface area contributed by atoms with Crippen molar-refractivity contribution in [2.24, 2.45) is 5.10 Å². The molecule has 0 unspecified atom stereocenters. The van der Waals surface area contributed by atoms with Crippen molar-refractivity contribution in [2.75, 3.05) is 25.1 Å². The fourth-order valence-corrected chi connectivity index (χ4v) is 4.44. The minimum Gasteiger partial charge on any atom is -0.371 e. The minimum absolute atomic E-state index is 0.0126. The van der Waals surface area contributed by atoms with Crippen LogP contribution in [0.2, 0.25) is 0 Å². The SMILES string of the molecule is COON1N=C(C#N)/C(=C/c2cc3c4c(c2)C(C)(C)CCN4CCC3(C)C)C1=O. The summed E-state index contributed by atoms with van der Waals surface area (Å²) in [5.41, 5.74) is 5.14. The number of hydrazone groups is 1. The smallest absolute Gasteiger partial charge is 0.305 e. The van der Waals surface area contributed by atoms with Gasteiger partial charge in [0, 0.05) is 18.8 Å². The molecule has 0 saturated carbocycles. The average molecular weight is 394 g/mol. The fraction of sp³-hybridized carbons (Fsp3) is 0.500. The number of benzene rings is 1. The third-order valence-electron chi connectivity index (χ3n) is 6.33. The standard InChI is InChI=1S/C22H26N4O3/c1-21(2)6-8-25-9-7-22(3,4)17-12-14(11-16(21)19(17)25)10-15-18(13-23)24-26(20(15)27)29-28-5/h10-12H,6-9H2,1-5H3/b15-10-. The molecule has 1 aromatic rings. The van der Waals surface area contributed by atoms with Crippen molar-refractivity contribution >= 4 is 23.4 Å². The van der Waals surface area contributed by atoms with Crippen LogP contribution in [0, 0.1) is 11.3 Å². The molecule has 0 radical (unpaired) electrons. The largest absolute Gasteiger partial charge is 0.371 e. The molecule has 1 aromatic carbocycles. The second kappa shape index (κ2) is 6.68. The highest BCUT2D eigenvalue weighted by atomic mass is 17.3. The van der Waals surface area contributed by atoms with E-state index in [1.807, 2.05) is 6.07 Å². The molecule has 1 amide bonds. The summed E-state index contributed by atoms with van der Waals surface area (Å²) in [5, 5.41) is 14.0. The number of carbonyl (C=O) groups is 1. The molecule has 0 aromatic heterocycles. The summed E-state index contributed by atoms with van der Waals surface area (Å²) in [6.45, 7) is 11.2. The van der Waals surface area contributed by atoms with Gasteiger partial charge in [0.25, 0.3) is 0 Å². The van der Waals surface area contributed by atoms with Crippen LogP contribution in [0.3, 0.4) is 0 Å². The number of carbonyl (C=O) groups excluding carboxylic acids is 1. The van der Waals surface area contributed by atoms with Gasteiger partial charge in [-0.3, -0.25) is 4.79 Å². The van der Waals surface area contributed by atoms with E-state index in [-0.39, 0.29) is 22.1 Å². The summed E-state index contributed by atoms with van der Waals surface area (Å²) in [5.74, 6) is -0.519. The third-order valence-corrected chi connectivity index (χ3v) is 6.33. The van der Waals surface area contributed by atoms with Crippen LogP contribution in [0.15, 0.2) is 22.8 Å². The van der Waals surface area contributed by atoms with Crippen molar-refractivity contribution in [1.29, 1.82) is 5.26 Å². The Morgan fingerprint density at radius 3 is 2.24 bits per heavy atom. The van der Waals surface area contributed by atoms with E-state index in [9.17, 15) is 10.1 Å². The number of hydrogen-bond donors (Lipinski definition) is 0. The molecule has 3 heterocycles. The first-order chi connectivity index (χ1) is 13.7. The maximum absolute atomic E-state index is 12.6. The molecular formula is C22H26N4O3. The first-order valence-corrected chi connectivity index (χ1v) is 9.88. The quantitative estimate of drug-likeness (QED) is 0.446. The number of amides is 1. The Kier molecular flexibility index (Phi) is 4.52. The van der Waals surface area contributed by atoms with Crippen LogP contribution >= 0.6 is 0 Å². The topological polar surface area (TPSA) is 78.2 Å². The Morgan fingerprint density at radius 1 is 1.14 bits per heavy atom. The Morgan fingerprint density at radius 2 is 1.72 bits per heavy atom. The number of hydrogen-bond acceptors (Lipinski definition) is 6. The van der Waals surface area contributed by atoms with E-state index < -0.39 is 5.91 Å². The molecule has 0 saturated heterocycles. The van der Waals surface area contributed by atoms with Crippen LogP contribution < -0.4 is 4.90 Å². The maximum Gasteiger partial charge on any atom is 0.305 e. The van der Waals surface area contributed by atoms with Crippen molar-refractivity contribution in [3.8, 4) is 6.07 Å².